The maximum absolute atomic E-state index is 12.7. The number of hydrogen-bond donors (Lipinski definition) is 0. The molecule has 0 spiro atoms. The summed E-state index contributed by atoms with van der Waals surface area (Å²) in [6, 6.07) is 9.71. The van der Waals surface area contributed by atoms with Crippen molar-refractivity contribution in [2.75, 3.05) is 27.9 Å². The lowest BCUT2D eigenvalue weighted by molar-refractivity contribution is -0.117. The van der Waals surface area contributed by atoms with Crippen LogP contribution in [0.25, 0.3) is 10.2 Å². The van der Waals surface area contributed by atoms with Gasteiger partial charge in [-0.1, -0.05) is 17.4 Å². The van der Waals surface area contributed by atoms with E-state index >= 15 is 0 Å². The Labute approximate surface area is 174 Å². The number of hydrogen-bond acceptors (Lipinski definition) is 5. The molecule has 0 aliphatic rings. The first-order valence-corrected chi connectivity index (χ1v) is 10.2. The van der Waals surface area contributed by atoms with Gasteiger partial charge in [-0.3, -0.25) is 4.79 Å². The Kier molecular flexibility index (Phi) is 6.71. The van der Waals surface area contributed by atoms with Gasteiger partial charge in [0.05, 0.1) is 37.5 Å². The van der Waals surface area contributed by atoms with E-state index in [1.54, 1.807) is 27.4 Å². The fourth-order valence-electron chi connectivity index (χ4n) is 3.11. The molecule has 0 bridgehead atoms. The molecule has 7 heteroatoms. The third-order valence-electron chi connectivity index (χ3n) is 4.87. The van der Waals surface area contributed by atoms with Crippen molar-refractivity contribution < 1.29 is 19.0 Å². The van der Waals surface area contributed by atoms with E-state index in [1.165, 1.54) is 22.5 Å². The second-order valence-corrected chi connectivity index (χ2v) is 7.80. The molecular formula is C22H26N2O4S. The SMILES string of the molecule is COCCn1c(=NC(=O)Cc2ccc(OC)cc2OC)sc2cc(C)c(C)cc21. The molecule has 154 valence electrons. The third kappa shape index (κ3) is 4.68. The smallest absolute Gasteiger partial charge is 0.252 e. The predicted molar refractivity (Wildman–Crippen MR) is 115 cm³/mol. The number of ether oxygens (including phenoxy) is 3. The molecule has 3 aromatic rings. The van der Waals surface area contributed by atoms with Gasteiger partial charge in [0.25, 0.3) is 5.91 Å². The molecule has 0 atom stereocenters. The first-order valence-electron chi connectivity index (χ1n) is 9.34. The summed E-state index contributed by atoms with van der Waals surface area (Å²) < 4.78 is 19.0. The number of amides is 1. The van der Waals surface area contributed by atoms with Crippen LogP contribution in [0.4, 0.5) is 0 Å². The van der Waals surface area contributed by atoms with E-state index in [2.05, 4.69) is 35.5 Å². The average molecular weight is 415 g/mol. The Hall–Kier alpha value is -2.64. The zero-order valence-electron chi connectivity index (χ0n) is 17.4. The minimum absolute atomic E-state index is 0.156. The van der Waals surface area contributed by atoms with E-state index in [0.29, 0.717) is 29.5 Å². The minimum Gasteiger partial charge on any atom is -0.497 e. The van der Waals surface area contributed by atoms with Gasteiger partial charge in [-0.05, 0) is 43.2 Å². The minimum atomic E-state index is -0.223. The van der Waals surface area contributed by atoms with Crippen LogP contribution in [0.3, 0.4) is 0 Å². The summed E-state index contributed by atoms with van der Waals surface area (Å²) in [6.45, 7) is 5.36. The number of benzene rings is 2. The maximum Gasteiger partial charge on any atom is 0.252 e. The summed E-state index contributed by atoms with van der Waals surface area (Å²) in [5.74, 6) is 1.07. The number of carbonyl (C=O) groups excluding carboxylic acids is 1. The monoisotopic (exact) mass is 414 g/mol. The van der Waals surface area contributed by atoms with Crippen molar-refractivity contribution >= 4 is 27.5 Å². The summed E-state index contributed by atoms with van der Waals surface area (Å²) in [5.41, 5.74) is 4.28. The standard InChI is InChI=1S/C22H26N2O4S/c1-14-10-18-20(11-15(14)2)29-22(24(18)8-9-26-3)23-21(25)12-16-6-7-17(27-4)13-19(16)28-5/h6-7,10-11,13H,8-9,12H2,1-5H3. The van der Waals surface area contributed by atoms with E-state index in [-0.39, 0.29) is 12.3 Å². The van der Waals surface area contributed by atoms with Gasteiger partial charge in [0.1, 0.15) is 11.5 Å². The number of aryl methyl sites for hydroxylation is 2. The summed E-state index contributed by atoms with van der Waals surface area (Å²) in [7, 11) is 4.84. The van der Waals surface area contributed by atoms with Gasteiger partial charge in [-0.25, -0.2) is 0 Å². The lowest BCUT2D eigenvalue weighted by atomic mass is 10.1. The molecular weight excluding hydrogens is 388 g/mol. The Morgan fingerprint density at radius 3 is 2.52 bits per heavy atom. The Bertz CT molecular complexity index is 1100. The average Bonchev–Trinajstić information content (AvgIpc) is 3.02. The molecule has 1 aromatic heterocycles. The summed E-state index contributed by atoms with van der Waals surface area (Å²) in [4.78, 5) is 17.9. The van der Waals surface area contributed by atoms with Gasteiger partial charge in [0, 0.05) is 25.3 Å². The Morgan fingerprint density at radius 2 is 1.83 bits per heavy atom. The van der Waals surface area contributed by atoms with Gasteiger partial charge >= 0.3 is 0 Å². The van der Waals surface area contributed by atoms with Crippen LogP contribution in [-0.4, -0.2) is 38.4 Å². The molecule has 2 aromatic carbocycles. The van der Waals surface area contributed by atoms with E-state index in [0.717, 1.165) is 15.8 Å². The number of methoxy groups -OCH3 is 3. The first kappa shape index (κ1) is 21.1. The lowest BCUT2D eigenvalue weighted by Crippen LogP contribution is -2.20. The highest BCUT2D eigenvalue weighted by molar-refractivity contribution is 7.16. The highest BCUT2D eigenvalue weighted by Gasteiger charge is 2.12. The van der Waals surface area contributed by atoms with Crippen molar-refractivity contribution in [3.05, 3.63) is 51.8 Å². The predicted octanol–water partition coefficient (Wildman–Crippen LogP) is 3.65. The molecule has 0 fully saturated rings. The van der Waals surface area contributed by atoms with Crippen molar-refractivity contribution in [1.29, 1.82) is 0 Å². The lowest BCUT2D eigenvalue weighted by Gasteiger charge is -2.09. The van der Waals surface area contributed by atoms with Gasteiger partial charge in [0.2, 0.25) is 0 Å². The molecule has 0 aliphatic heterocycles. The summed E-state index contributed by atoms with van der Waals surface area (Å²) in [5, 5.41) is 0. The number of nitrogens with zero attached hydrogens (tertiary/aromatic N) is 2. The Balaban J connectivity index is 1.99. The van der Waals surface area contributed by atoms with Crippen LogP contribution in [0.2, 0.25) is 0 Å². The fourth-order valence-corrected chi connectivity index (χ4v) is 4.27. The normalized spacial score (nSPS) is 11.8. The number of fused-ring (bicyclic) bond motifs is 1. The number of carbonyl (C=O) groups is 1. The molecule has 29 heavy (non-hydrogen) atoms. The molecule has 0 unspecified atom stereocenters. The van der Waals surface area contributed by atoms with Gasteiger partial charge in [-0.15, -0.1) is 0 Å². The summed E-state index contributed by atoms with van der Waals surface area (Å²) in [6.07, 6.45) is 0.156. The highest BCUT2D eigenvalue weighted by Crippen LogP contribution is 2.25. The van der Waals surface area contributed by atoms with E-state index < -0.39 is 0 Å². The topological polar surface area (TPSA) is 62.1 Å². The molecule has 0 radical (unpaired) electrons. The van der Waals surface area contributed by atoms with Crippen LogP contribution < -0.4 is 14.3 Å². The third-order valence-corrected chi connectivity index (χ3v) is 5.91. The van der Waals surface area contributed by atoms with Crippen molar-refractivity contribution in [3.63, 3.8) is 0 Å². The van der Waals surface area contributed by atoms with Crippen LogP contribution >= 0.6 is 11.3 Å². The van der Waals surface area contributed by atoms with Gasteiger partial charge in [0.15, 0.2) is 4.80 Å². The quantitative estimate of drug-likeness (QED) is 0.592. The fraction of sp³-hybridized carbons (Fsp3) is 0.364. The van der Waals surface area contributed by atoms with Gasteiger partial charge < -0.3 is 18.8 Å². The highest BCUT2D eigenvalue weighted by atomic mass is 32.1. The molecule has 3 rings (SSSR count). The number of rotatable bonds is 7. The molecule has 1 heterocycles. The first-order chi connectivity index (χ1) is 14.0. The van der Waals surface area contributed by atoms with Crippen LogP contribution in [0, 0.1) is 13.8 Å². The largest absolute Gasteiger partial charge is 0.497 e. The second-order valence-electron chi connectivity index (χ2n) is 6.79. The molecule has 0 N–H and O–H groups in total. The second kappa shape index (κ2) is 9.24. The summed E-state index contributed by atoms with van der Waals surface area (Å²) >= 11 is 1.52. The van der Waals surface area contributed by atoms with Crippen molar-refractivity contribution in [2.24, 2.45) is 4.99 Å². The van der Waals surface area contributed by atoms with Crippen molar-refractivity contribution in [1.82, 2.24) is 4.57 Å². The van der Waals surface area contributed by atoms with Gasteiger partial charge in [-0.2, -0.15) is 4.99 Å². The van der Waals surface area contributed by atoms with Crippen LogP contribution in [0.5, 0.6) is 11.5 Å². The number of aromatic nitrogens is 1. The molecule has 0 aliphatic carbocycles. The van der Waals surface area contributed by atoms with Crippen molar-refractivity contribution in [3.8, 4) is 11.5 Å². The van der Waals surface area contributed by atoms with Crippen molar-refractivity contribution in [2.45, 2.75) is 26.8 Å². The molecule has 0 saturated carbocycles. The molecule has 0 saturated heterocycles. The van der Waals surface area contributed by atoms with Crippen LogP contribution in [0.1, 0.15) is 16.7 Å². The van der Waals surface area contributed by atoms with E-state index in [9.17, 15) is 4.79 Å². The molecule has 1 amide bonds. The molecule has 6 nitrogen and oxygen atoms in total. The number of thiazole rings is 1. The van der Waals surface area contributed by atoms with Crippen LogP contribution in [0.15, 0.2) is 35.3 Å². The zero-order valence-corrected chi connectivity index (χ0v) is 18.3. The maximum atomic E-state index is 12.7. The van der Waals surface area contributed by atoms with E-state index in [1.807, 2.05) is 12.1 Å². The Morgan fingerprint density at radius 1 is 1.07 bits per heavy atom. The zero-order chi connectivity index (χ0) is 21.0. The van der Waals surface area contributed by atoms with Crippen LogP contribution in [-0.2, 0) is 22.5 Å². The van der Waals surface area contributed by atoms with E-state index in [4.69, 9.17) is 14.2 Å².